The summed E-state index contributed by atoms with van der Waals surface area (Å²) in [7, 11) is 0. The molecular formula is C17H16N4. The minimum atomic E-state index is 0.279. The van der Waals surface area contributed by atoms with E-state index in [1.54, 1.807) is 0 Å². The molecule has 0 bridgehead atoms. The molecule has 3 aromatic rings. The van der Waals surface area contributed by atoms with E-state index in [1.165, 1.54) is 0 Å². The van der Waals surface area contributed by atoms with E-state index in [0.29, 0.717) is 6.54 Å². The Kier molecular flexibility index (Phi) is 3.43. The number of hydrogen-bond acceptors (Lipinski definition) is 3. The molecule has 0 atom stereocenters. The molecule has 0 amide bonds. The zero-order valence-corrected chi connectivity index (χ0v) is 11.9. The van der Waals surface area contributed by atoms with Crippen LogP contribution in [-0.2, 0) is 13.0 Å². The molecule has 4 heteroatoms. The van der Waals surface area contributed by atoms with Gasteiger partial charge >= 0.3 is 0 Å². The number of para-hydroxylation sites is 2. The molecule has 2 N–H and O–H groups in total. The van der Waals surface area contributed by atoms with E-state index < -0.39 is 0 Å². The quantitative estimate of drug-likeness (QED) is 0.799. The number of benzene rings is 2. The highest BCUT2D eigenvalue weighted by molar-refractivity contribution is 5.78. The first-order valence-corrected chi connectivity index (χ1v) is 6.88. The first-order valence-electron chi connectivity index (χ1n) is 6.88. The van der Waals surface area contributed by atoms with Crippen LogP contribution >= 0.6 is 0 Å². The van der Waals surface area contributed by atoms with Gasteiger partial charge in [0.1, 0.15) is 5.82 Å². The van der Waals surface area contributed by atoms with Gasteiger partial charge < -0.3 is 5.73 Å². The van der Waals surface area contributed by atoms with Gasteiger partial charge in [-0.3, -0.25) is 4.57 Å². The largest absolute Gasteiger partial charge is 0.326 e. The molecule has 0 spiro atoms. The maximum Gasteiger partial charge on any atom is 0.128 e. The maximum atomic E-state index is 9.06. The van der Waals surface area contributed by atoms with Gasteiger partial charge in [-0.2, -0.15) is 5.26 Å². The summed E-state index contributed by atoms with van der Waals surface area (Å²) in [5.74, 6) is 0.760. The van der Waals surface area contributed by atoms with Crippen molar-refractivity contribution in [2.24, 2.45) is 5.73 Å². The predicted octanol–water partition coefficient (Wildman–Crippen LogP) is 2.86. The average Bonchev–Trinajstić information content (AvgIpc) is 2.86. The third-order valence-corrected chi connectivity index (χ3v) is 3.62. The highest BCUT2D eigenvalue weighted by Crippen LogP contribution is 2.25. The Morgan fingerprint density at radius 2 is 2.05 bits per heavy atom. The van der Waals surface area contributed by atoms with Crippen LogP contribution in [0.3, 0.4) is 0 Å². The monoisotopic (exact) mass is 276 g/mol. The van der Waals surface area contributed by atoms with Crippen molar-refractivity contribution < 1.29 is 0 Å². The van der Waals surface area contributed by atoms with Crippen LogP contribution in [0.1, 0.15) is 17.0 Å². The molecule has 4 nitrogen and oxygen atoms in total. The molecule has 104 valence electrons. The van der Waals surface area contributed by atoms with Gasteiger partial charge in [0.2, 0.25) is 0 Å². The minimum absolute atomic E-state index is 0.279. The lowest BCUT2D eigenvalue weighted by Gasteiger charge is -2.12. The van der Waals surface area contributed by atoms with Crippen molar-refractivity contribution in [1.82, 2.24) is 9.55 Å². The standard InChI is InChI=1S/C17H16N4/c1-12-6-7-13(11-19)10-16(12)21-15-5-3-2-4-14(15)20-17(21)8-9-18/h2-7,10H,8,11,19H2,1H3. The van der Waals surface area contributed by atoms with Gasteiger partial charge in [0.15, 0.2) is 0 Å². The normalized spacial score (nSPS) is 10.7. The molecule has 1 heterocycles. The third kappa shape index (κ3) is 2.28. The van der Waals surface area contributed by atoms with Gasteiger partial charge in [0.05, 0.1) is 29.2 Å². The number of rotatable bonds is 3. The average molecular weight is 276 g/mol. The Morgan fingerprint density at radius 3 is 2.81 bits per heavy atom. The van der Waals surface area contributed by atoms with E-state index in [9.17, 15) is 0 Å². The molecule has 2 aromatic carbocycles. The zero-order chi connectivity index (χ0) is 14.8. The number of fused-ring (bicyclic) bond motifs is 1. The summed E-state index contributed by atoms with van der Waals surface area (Å²) in [6, 6.07) is 16.3. The third-order valence-electron chi connectivity index (χ3n) is 3.62. The summed E-state index contributed by atoms with van der Waals surface area (Å²) in [4.78, 5) is 4.58. The Morgan fingerprint density at radius 1 is 1.24 bits per heavy atom. The molecule has 3 rings (SSSR count). The zero-order valence-electron chi connectivity index (χ0n) is 11.9. The fourth-order valence-corrected chi connectivity index (χ4v) is 2.56. The first-order chi connectivity index (χ1) is 10.2. The first kappa shape index (κ1) is 13.3. The van der Waals surface area contributed by atoms with Crippen molar-refractivity contribution in [2.45, 2.75) is 19.9 Å². The Bertz CT molecular complexity index is 840. The number of hydrogen-bond donors (Lipinski definition) is 1. The van der Waals surface area contributed by atoms with Crippen LogP contribution in [0, 0.1) is 18.3 Å². The lowest BCUT2D eigenvalue weighted by atomic mass is 10.1. The van der Waals surface area contributed by atoms with Crippen molar-refractivity contribution in [2.75, 3.05) is 0 Å². The highest BCUT2D eigenvalue weighted by Gasteiger charge is 2.13. The van der Waals surface area contributed by atoms with Crippen molar-refractivity contribution in [3.63, 3.8) is 0 Å². The van der Waals surface area contributed by atoms with Crippen LogP contribution in [0.5, 0.6) is 0 Å². The summed E-state index contributed by atoms with van der Waals surface area (Å²) in [6.45, 7) is 2.55. The summed E-state index contributed by atoms with van der Waals surface area (Å²) in [5.41, 5.74) is 10.9. The Balaban J connectivity index is 2.33. The lowest BCUT2D eigenvalue weighted by molar-refractivity contribution is 0.939. The van der Waals surface area contributed by atoms with Gasteiger partial charge in [-0.05, 0) is 36.2 Å². The molecule has 0 aliphatic rings. The molecule has 0 radical (unpaired) electrons. The second-order valence-electron chi connectivity index (χ2n) is 5.01. The summed E-state index contributed by atoms with van der Waals surface area (Å²) < 4.78 is 2.06. The van der Waals surface area contributed by atoms with Crippen LogP contribution in [-0.4, -0.2) is 9.55 Å². The maximum absolute atomic E-state index is 9.06. The second-order valence-corrected chi connectivity index (χ2v) is 5.01. The van der Waals surface area contributed by atoms with E-state index in [1.807, 2.05) is 30.3 Å². The van der Waals surface area contributed by atoms with E-state index in [2.05, 4.69) is 34.7 Å². The highest BCUT2D eigenvalue weighted by atomic mass is 15.1. The molecule has 0 aliphatic heterocycles. The molecule has 21 heavy (non-hydrogen) atoms. The van der Waals surface area contributed by atoms with Gasteiger partial charge in [0.25, 0.3) is 0 Å². The number of nitriles is 1. The minimum Gasteiger partial charge on any atom is -0.326 e. The van der Waals surface area contributed by atoms with Gasteiger partial charge in [-0.1, -0.05) is 24.3 Å². The van der Waals surface area contributed by atoms with Crippen molar-refractivity contribution in [3.05, 3.63) is 59.4 Å². The number of nitrogens with two attached hydrogens (primary N) is 1. The number of nitrogens with zero attached hydrogens (tertiary/aromatic N) is 3. The molecular weight excluding hydrogens is 260 g/mol. The Labute approximate surface area is 123 Å². The van der Waals surface area contributed by atoms with Crippen LogP contribution < -0.4 is 5.73 Å². The fourth-order valence-electron chi connectivity index (χ4n) is 2.56. The smallest absolute Gasteiger partial charge is 0.128 e. The SMILES string of the molecule is Cc1ccc(CN)cc1-n1c(CC#N)nc2ccccc21. The molecule has 1 aromatic heterocycles. The van der Waals surface area contributed by atoms with Crippen LogP contribution in [0.25, 0.3) is 16.7 Å². The van der Waals surface area contributed by atoms with E-state index in [0.717, 1.165) is 33.7 Å². The molecule has 0 fully saturated rings. The van der Waals surface area contributed by atoms with Crippen LogP contribution in [0.15, 0.2) is 42.5 Å². The topological polar surface area (TPSA) is 67.6 Å². The van der Waals surface area contributed by atoms with Crippen molar-refractivity contribution >= 4 is 11.0 Å². The number of aromatic nitrogens is 2. The van der Waals surface area contributed by atoms with E-state index in [4.69, 9.17) is 11.0 Å². The molecule has 0 saturated carbocycles. The van der Waals surface area contributed by atoms with Crippen molar-refractivity contribution in [3.8, 4) is 11.8 Å². The molecule has 0 aliphatic carbocycles. The Hall–Kier alpha value is -2.64. The number of aryl methyl sites for hydroxylation is 1. The molecule has 0 saturated heterocycles. The summed E-state index contributed by atoms with van der Waals surface area (Å²) >= 11 is 0. The summed E-state index contributed by atoms with van der Waals surface area (Å²) in [6.07, 6.45) is 0.279. The lowest BCUT2D eigenvalue weighted by Crippen LogP contribution is -2.05. The van der Waals surface area contributed by atoms with Crippen molar-refractivity contribution in [1.29, 1.82) is 5.26 Å². The van der Waals surface area contributed by atoms with Gasteiger partial charge in [0, 0.05) is 6.54 Å². The summed E-state index contributed by atoms with van der Waals surface area (Å²) in [5, 5.41) is 9.06. The van der Waals surface area contributed by atoms with Gasteiger partial charge in [-0.25, -0.2) is 4.98 Å². The van der Waals surface area contributed by atoms with Crippen LogP contribution in [0.4, 0.5) is 0 Å². The van der Waals surface area contributed by atoms with E-state index >= 15 is 0 Å². The second kappa shape index (κ2) is 5.39. The van der Waals surface area contributed by atoms with Crippen LogP contribution in [0.2, 0.25) is 0 Å². The number of imidazole rings is 1. The van der Waals surface area contributed by atoms with E-state index in [-0.39, 0.29) is 6.42 Å². The van der Waals surface area contributed by atoms with Gasteiger partial charge in [-0.15, -0.1) is 0 Å². The fraction of sp³-hybridized carbons (Fsp3) is 0.176. The predicted molar refractivity (Wildman–Crippen MR) is 83.0 cm³/mol. The molecule has 0 unspecified atom stereocenters.